The molecule has 2 heterocycles. The van der Waals surface area contributed by atoms with Gasteiger partial charge in [-0.25, -0.2) is 4.68 Å². The second-order valence-electron chi connectivity index (χ2n) is 6.06. The Hall–Kier alpha value is -1.07. The van der Waals surface area contributed by atoms with Gasteiger partial charge < -0.3 is 5.32 Å². The van der Waals surface area contributed by atoms with Gasteiger partial charge in [-0.15, -0.1) is 0 Å². The van der Waals surface area contributed by atoms with Gasteiger partial charge in [-0.1, -0.05) is 32.4 Å². The third kappa shape index (κ3) is 3.98. The largest absolute Gasteiger partial charge is 0.381 e. The Kier molecular flexibility index (Phi) is 5.65. The molecule has 1 aromatic rings. The van der Waals surface area contributed by atoms with Crippen molar-refractivity contribution < 1.29 is 0 Å². The maximum atomic E-state index is 12.2. The Morgan fingerprint density at radius 3 is 2.95 bits per heavy atom. The van der Waals surface area contributed by atoms with Gasteiger partial charge in [0.1, 0.15) is 5.02 Å². The number of halogens is 1. The zero-order valence-corrected chi connectivity index (χ0v) is 13.9. The summed E-state index contributed by atoms with van der Waals surface area (Å²) in [5.74, 6) is 0.363. The lowest BCUT2D eigenvalue weighted by Crippen LogP contribution is -2.35. The molecule has 21 heavy (non-hydrogen) atoms. The van der Waals surface area contributed by atoms with Gasteiger partial charge in [0, 0.05) is 19.1 Å². The molecule has 5 nitrogen and oxygen atoms in total. The van der Waals surface area contributed by atoms with Gasteiger partial charge in [0.15, 0.2) is 0 Å². The van der Waals surface area contributed by atoms with E-state index >= 15 is 0 Å². The summed E-state index contributed by atoms with van der Waals surface area (Å²) in [6, 6.07) is 0.518. The molecule has 0 amide bonds. The number of likely N-dealkylation sites (N-methyl/N-ethyl adjacent to an activating group) is 1. The Labute approximate surface area is 131 Å². The lowest BCUT2D eigenvalue weighted by Gasteiger charge is -2.23. The second-order valence-corrected chi connectivity index (χ2v) is 6.44. The van der Waals surface area contributed by atoms with Crippen molar-refractivity contribution in [2.45, 2.75) is 46.2 Å². The first-order valence-corrected chi connectivity index (χ1v) is 8.14. The van der Waals surface area contributed by atoms with Gasteiger partial charge in [0.2, 0.25) is 0 Å². The highest BCUT2D eigenvalue weighted by Crippen LogP contribution is 2.20. The minimum atomic E-state index is -0.214. The molecule has 1 saturated heterocycles. The van der Waals surface area contributed by atoms with Crippen LogP contribution >= 0.6 is 11.6 Å². The molecule has 0 radical (unpaired) electrons. The molecule has 1 aliphatic heterocycles. The Bertz CT molecular complexity index is 529. The van der Waals surface area contributed by atoms with E-state index in [1.807, 2.05) is 13.8 Å². The van der Waals surface area contributed by atoms with Crippen LogP contribution in [0.3, 0.4) is 0 Å². The summed E-state index contributed by atoms with van der Waals surface area (Å²) in [6.45, 7) is 9.90. The molecule has 0 bridgehead atoms. The molecule has 1 unspecified atom stereocenters. The van der Waals surface area contributed by atoms with E-state index in [0.717, 1.165) is 19.6 Å². The Morgan fingerprint density at radius 2 is 2.29 bits per heavy atom. The molecule has 118 valence electrons. The molecule has 1 aliphatic rings. The molecule has 6 heteroatoms. The predicted octanol–water partition coefficient (Wildman–Crippen LogP) is 2.45. The van der Waals surface area contributed by atoms with Crippen molar-refractivity contribution in [2.24, 2.45) is 5.92 Å². The zero-order chi connectivity index (χ0) is 15.4. The second kappa shape index (κ2) is 7.27. The Morgan fingerprint density at radius 1 is 1.52 bits per heavy atom. The van der Waals surface area contributed by atoms with Crippen molar-refractivity contribution in [3.63, 3.8) is 0 Å². The molecule has 0 spiro atoms. The first-order chi connectivity index (χ1) is 10.0. The van der Waals surface area contributed by atoms with Crippen LogP contribution in [0.25, 0.3) is 0 Å². The fourth-order valence-corrected chi connectivity index (χ4v) is 3.05. The van der Waals surface area contributed by atoms with Crippen molar-refractivity contribution in [1.29, 1.82) is 0 Å². The fourth-order valence-electron chi connectivity index (χ4n) is 2.83. The van der Waals surface area contributed by atoms with E-state index in [1.165, 1.54) is 17.5 Å². The zero-order valence-electron chi connectivity index (χ0n) is 13.1. The number of hydrogen-bond donors (Lipinski definition) is 1. The van der Waals surface area contributed by atoms with Crippen LogP contribution in [-0.2, 0) is 6.54 Å². The molecule has 1 atom stereocenters. The molecule has 1 aromatic heterocycles. The molecule has 0 aromatic carbocycles. The Balaban J connectivity index is 2.04. The highest BCUT2D eigenvalue weighted by Gasteiger charge is 2.23. The average Bonchev–Trinajstić information content (AvgIpc) is 2.90. The summed E-state index contributed by atoms with van der Waals surface area (Å²) in [4.78, 5) is 14.6. The SMILES string of the molecule is CCN1CCCC1CNc1cnn(CC(C)C)c(=O)c1Cl. The van der Waals surface area contributed by atoms with Crippen molar-refractivity contribution in [3.8, 4) is 0 Å². The first kappa shape index (κ1) is 16.3. The number of nitrogens with one attached hydrogen (secondary N) is 1. The minimum absolute atomic E-state index is 0.214. The van der Waals surface area contributed by atoms with E-state index in [0.29, 0.717) is 24.2 Å². The molecular formula is C15H25ClN4O. The van der Waals surface area contributed by atoms with Crippen LogP contribution in [0.5, 0.6) is 0 Å². The molecule has 0 aliphatic carbocycles. The fraction of sp³-hybridized carbons (Fsp3) is 0.733. The van der Waals surface area contributed by atoms with Crippen LogP contribution in [0.4, 0.5) is 5.69 Å². The summed E-state index contributed by atoms with van der Waals surface area (Å²) in [5.41, 5.74) is 0.429. The average molecular weight is 313 g/mol. The van der Waals surface area contributed by atoms with E-state index in [1.54, 1.807) is 6.20 Å². The normalized spacial score (nSPS) is 19.4. The highest BCUT2D eigenvalue weighted by molar-refractivity contribution is 6.32. The summed E-state index contributed by atoms with van der Waals surface area (Å²) in [7, 11) is 0. The van der Waals surface area contributed by atoms with Gasteiger partial charge in [0.05, 0.1) is 11.9 Å². The molecule has 0 saturated carbocycles. The molecular weight excluding hydrogens is 288 g/mol. The van der Waals surface area contributed by atoms with Crippen molar-refractivity contribution in [3.05, 3.63) is 21.6 Å². The lowest BCUT2D eigenvalue weighted by atomic mass is 10.2. The number of likely N-dealkylation sites (tertiary alicyclic amines) is 1. The van der Waals surface area contributed by atoms with E-state index in [4.69, 9.17) is 11.6 Å². The van der Waals surface area contributed by atoms with Crippen LogP contribution in [0.1, 0.15) is 33.6 Å². The topological polar surface area (TPSA) is 50.2 Å². The van der Waals surface area contributed by atoms with Crippen LogP contribution in [-0.4, -0.2) is 40.4 Å². The quantitative estimate of drug-likeness (QED) is 0.876. The summed E-state index contributed by atoms with van der Waals surface area (Å²) >= 11 is 6.19. The van der Waals surface area contributed by atoms with Gasteiger partial charge in [0.25, 0.3) is 5.56 Å². The number of hydrogen-bond acceptors (Lipinski definition) is 4. The molecule has 2 rings (SSSR count). The number of aromatic nitrogens is 2. The smallest absolute Gasteiger partial charge is 0.287 e. The molecule has 1 N–H and O–H groups in total. The lowest BCUT2D eigenvalue weighted by molar-refractivity contribution is 0.277. The third-order valence-corrected chi connectivity index (χ3v) is 4.32. The summed E-state index contributed by atoms with van der Waals surface area (Å²) < 4.78 is 1.44. The van der Waals surface area contributed by atoms with E-state index in [-0.39, 0.29) is 10.6 Å². The van der Waals surface area contributed by atoms with Gasteiger partial charge >= 0.3 is 0 Å². The van der Waals surface area contributed by atoms with Crippen molar-refractivity contribution in [2.75, 3.05) is 25.0 Å². The maximum Gasteiger partial charge on any atom is 0.287 e. The van der Waals surface area contributed by atoms with Crippen LogP contribution in [0, 0.1) is 5.92 Å². The van der Waals surface area contributed by atoms with E-state index in [9.17, 15) is 4.79 Å². The standard InChI is InChI=1S/C15H25ClN4O/c1-4-19-7-5-6-12(19)8-17-13-9-18-20(10-11(2)3)15(21)14(13)16/h9,11-12,17H,4-8,10H2,1-3H3. The van der Waals surface area contributed by atoms with Gasteiger partial charge in [-0.05, 0) is 31.8 Å². The van der Waals surface area contributed by atoms with Crippen LogP contribution < -0.4 is 10.9 Å². The van der Waals surface area contributed by atoms with Crippen LogP contribution in [0.15, 0.2) is 11.0 Å². The number of anilines is 1. The number of rotatable bonds is 6. The van der Waals surface area contributed by atoms with E-state index < -0.39 is 0 Å². The van der Waals surface area contributed by atoms with Gasteiger partial charge in [-0.2, -0.15) is 5.10 Å². The van der Waals surface area contributed by atoms with Gasteiger partial charge in [-0.3, -0.25) is 9.69 Å². The van der Waals surface area contributed by atoms with Crippen molar-refractivity contribution >= 4 is 17.3 Å². The maximum absolute atomic E-state index is 12.2. The van der Waals surface area contributed by atoms with E-state index in [2.05, 4.69) is 22.2 Å². The monoisotopic (exact) mass is 312 g/mol. The van der Waals surface area contributed by atoms with Crippen molar-refractivity contribution in [1.82, 2.24) is 14.7 Å². The third-order valence-electron chi connectivity index (χ3n) is 3.96. The van der Waals surface area contributed by atoms with Crippen LogP contribution in [0.2, 0.25) is 5.02 Å². The summed E-state index contributed by atoms with van der Waals surface area (Å²) in [5, 5.41) is 7.74. The highest BCUT2D eigenvalue weighted by atomic mass is 35.5. The first-order valence-electron chi connectivity index (χ1n) is 7.76. The molecule has 1 fully saturated rings. The number of nitrogens with zero attached hydrogens (tertiary/aromatic N) is 3. The minimum Gasteiger partial charge on any atom is -0.381 e. The summed E-state index contributed by atoms with van der Waals surface area (Å²) in [6.07, 6.45) is 4.09. The predicted molar refractivity (Wildman–Crippen MR) is 87.1 cm³/mol.